The van der Waals surface area contributed by atoms with E-state index in [0.29, 0.717) is 0 Å². The second-order valence-electron chi connectivity index (χ2n) is 3.42. The van der Waals surface area contributed by atoms with Crippen LogP contribution in [0.3, 0.4) is 0 Å². The van der Waals surface area contributed by atoms with E-state index in [1.807, 2.05) is 0 Å². The molecule has 0 rings (SSSR count). The van der Waals surface area contributed by atoms with Crippen molar-refractivity contribution in [2.45, 2.75) is 58.0 Å². The van der Waals surface area contributed by atoms with Gasteiger partial charge in [0.1, 0.15) is 0 Å². The predicted octanol–water partition coefficient (Wildman–Crippen LogP) is 4.90. The number of hydrogen-bond acceptors (Lipinski definition) is 0. The number of halogens is 2. The Bertz CT molecular complexity index is 105. The Morgan fingerprint density at radius 2 is 1.33 bits per heavy atom. The highest BCUT2D eigenvalue weighted by atomic mass is 35.7. The van der Waals surface area contributed by atoms with Crippen LogP contribution in [0.2, 0.25) is 12.1 Å². The van der Waals surface area contributed by atoms with Gasteiger partial charge in [-0.25, -0.2) is 0 Å². The zero-order chi connectivity index (χ0) is 9.45. The van der Waals surface area contributed by atoms with E-state index in [4.69, 9.17) is 22.2 Å². The average molecular weight is 227 g/mol. The molecular formula is C9H20Cl2Si. The van der Waals surface area contributed by atoms with Crippen molar-refractivity contribution in [3.05, 3.63) is 0 Å². The molecule has 0 heterocycles. The maximum Gasteiger partial charge on any atom is 0.251 e. The molecule has 3 heteroatoms. The molecule has 0 N–H and O–H groups in total. The van der Waals surface area contributed by atoms with Crippen LogP contribution in [0, 0.1) is 0 Å². The number of rotatable bonds is 7. The number of hydrogen-bond donors (Lipinski definition) is 0. The molecule has 12 heavy (non-hydrogen) atoms. The zero-order valence-corrected chi connectivity index (χ0v) is 10.7. The van der Waals surface area contributed by atoms with Crippen molar-refractivity contribution in [2.24, 2.45) is 0 Å². The summed E-state index contributed by atoms with van der Waals surface area (Å²) in [6, 6.07) is 2.17. The molecule has 0 amide bonds. The van der Waals surface area contributed by atoms with Gasteiger partial charge >= 0.3 is 0 Å². The van der Waals surface area contributed by atoms with E-state index in [1.165, 1.54) is 32.1 Å². The average Bonchev–Trinajstić information content (AvgIpc) is 2.01. The van der Waals surface area contributed by atoms with E-state index in [-0.39, 0.29) is 0 Å². The van der Waals surface area contributed by atoms with Gasteiger partial charge < -0.3 is 0 Å². The molecule has 0 aliphatic rings. The standard InChI is InChI=1S/C9H20Cl2Si/c1-3-5-7-9-12(10,11)8-6-4-2/h3-9H2,1-2H3. The van der Waals surface area contributed by atoms with Gasteiger partial charge in [0.25, 0.3) is 6.69 Å². The summed E-state index contributed by atoms with van der Waals surface area (Å²) in [5.41, 5.74) is 0. The molecule has 0 aliphatic heterocycles. The molecule has 0 saturated carbocycles. The van der Waals surface area contributed by atoms with E-state index in [0.717, 1.165) is 12.1 Å². The highest BCUT2D eigenvalue weighted by Crippen LogP contribution is 2.29. The molecule has 0 saturated heterocycles. The van der Waals surface area contributed by atoms with E-state index in [9.17, 15) is 0 Å². The Morgan fingerprint density at radius 1 is 0.833 bits per heavy atom. The monoisotopic (exact) mass is 226 g/mol. The summed E-state index contributed by atoms with van der Waals surface area (Å²) in [6.07, 6.45) is 6.17. The first-order chi connectivity index (χ1) is 5.62. The highest BCUT2D eigenvalue weighted by molar-refractivity contribution is 7.45. The fourth-order valence-electron chi connectivity index (χ4n) is 1.19. The van der Waals surface area contributed by atoms with Gasteiger partial charge in [0, 0.05) is 0 Å². The van der Waals surface area contributed by atoms with Crippen molar-refractivity contribution in [3.8, 4) is 0 Å². The molecule has 0 spiro atoms. The van der Waals surface area contributed by atoms with Crippen LogP contribution in [0.1, 0.15) is 46.0 Å². The molecule has 0 atom stereocenters. The van der Waals surface area contributed by atoms with Crippen molar-refractivity contribution in [1.82, 2.24) is 0 Å². The second-order valence-corrected chi connectivity index (χ2v) is 11.0. The van der Waals surface area contributed by atoms with Gasteiger partial charge in [0.15, 0.2) is 0 Å². The lowest BCUT2D eigenvalue weighted by atomic mass is 10.3. The van der Waals surface area contributed by atoms with Crippen molar-refractivity contribution < 1.29 is 0 Å². The maximum absolute atomic E-state index is 6.26. The summed E-state index contributed by atoms with van der Waals surface area (Å²) in [5.74, 6) is 0. The Labute approximate surface area is 87.1 Å². The molecular weight excluding hydrogens is 207 g/mol. The fraction of sp³-hybridized carbons (Fsp3) is 1.00. The molecule has 0 nitrogen and oxygen atoms in total. The molecule has 0 aromatic carbocycles. The van der Waals surface area contributed by atoms with Crippen molar-refractivity contribution in [1.29, 1.82) is 0 Å². The van der Waals surface area contributed by atoms with Gasteiger partial charge in [-0.3, -0.25) is 0 Å². The summed E-state index contributed by atoms with van der Waals surface area (Å²) < 4.78 is 0. The minimum Gasteiger partial charge on any atom is -0.146 e. The topological polar surface area (TPSA) is 0 Å². The van der Waals surface area contributed by atoms with Crippen LogP contribution in [-0.2, 0) is 0 Å². The van der Waals surface area contributed by atoms with Gasteiger partial charge in [0.2, 0.25) is 0 Å². The molecule has 0 radical (unpaired) electrons. The third kappa shape index (κ3) is 7.45. The summed E-state index contributed by atoms with van der Waals surface area (Å²) in [4.78, 5) is 0. The maximum atomic E-state index is 6.26. The minimum absolute atomic E-state index is 1.08. The molecule has 0 aliphatic carbocycles. The van der Waals surface area contributed by atoms with Crippen molar-refractivity contribution >= 4 is 28.9 Å². The molecule has 0 fully saturated rings. The van der Waals surface area contributed by atoms with Gasteiger partial charge in [-0.2, -0.15) is 0 Å². The van der Waals surface area contributed by atoms with Crippen LogP contribution in [0.4, 0.5) is 0 Å². The normalized spacial score (nSPS) is 12.0. The van der Waals surface area contributed by atoms with Gasteiger partial charge in [0.05, 0.1) is 0 Å². The molecule has 0 aromatic rings. The SMILES string of the molecule is CCCCC[Si](Cl)(Cl)CCCC. The van der Waals surface area contributed by atoms with E-state index >= 15 is 0 Å². The minimum atomic E-state index is -1.82. The Balaban J connectivity index is 3.42. The lowest BCUT2D eigenvalue weighted by Gasteiger charge is -2.15. The predicted molar refractivity (Wildman–Crippen MR) is 61.5 cm³/mol. The first kappa shape index (κ1) is 12.8. The van der Waals surface area contributed by atoms with Crippen molar-refractivity contribution in [3.63, 3.8) is 0 Å². The lowest BCUT2D eigenvalue weighted by Crippen LogP contribution is -2.17. The van der Waals surface area contributed by atoms with E-state index in [2.05, 4.69) is 13.8 Å². The van der Waals surface area contributed by atoms with E-state index < -0.39 is 6.69 Å². The third-order valence-electron chi connectivity index (χ3n) is 2.04. The van der Waals surface area contributed by atoms with Gasteiger partial charge in [-0.1, -0.05) is 46.0 Å². The Morgan fingerprint density at radius 3 is 1.83 bits per heavy atom. The van der Waals surface area contributed by atoms with Gasteiger partial charge in [-0.15, -0.1) is 22.2 Å². The van der Waals surface area contributed by atoms with Crippen molar-refractivity contribution in [2.75, 3.05) is 0 Å². The number of unbranched alkanes of at least 4 members (excludes halogenated alkanes) is 3. The lowest BCUT2D eigenvalue weighted by molar-refractivity contribution is 0.762. The molecule has 0 bridgehead atoms. The smallest absolute Gasteiger partial charge is 0.146 e. The molecule has 0 unspecified atom stereocenters. The van der Waals surface area contributed by atoms with Crippen LogP contribution in [0.5, 0.6) is 0 Å². The van der Waals surface area contributed by atoms with Crippen LogP contribution in [0.15, 0.2) is 0 Å². The molecule has 74 valence electrons. The largest absolute Gasteiger partial charge is 0.251 e. The van der Waals surface area contributed by atoms with Crippen LogP contribution in [-0.4, -0.2) is 6.69 Å². The van der Waals surface area contributed by atoms with Gasteiger partial charge in [-0.05, 0) is 12.1 Å². The third-order valence-corrected chi connectivity index (χ3v) is 6.48. The summed E-state index contributed by atoms with van der Waals surface area (Å²) >= 11 is 12.5. The Kier molecular flexibility index (Phi) is 7.70. The van der Waals surface area contributed by atoms with Crippen LogP contribution >= 0.6 is 22.2 Å². The summed E-state index contributed by atoms with van der Waals surface area (Å²) in [5, 5.41) is 0. The quantitative estimate of drug-likeness (QED) is 0.330. The Hall–Kier alpha value is 0.797. The summed E-state index contributed by atoms with van der Waals surface area (Å²) in [6.45, 7) is 2.57. The molecule has 0 aromatic heterocycles. The first-order valence-electron chi connectivity index (χ1n) is 5.00. The van der Waals surface area contributed by atoms with E-state index in [1.54, 1.807) is 0 Å². The summed E-state index contributed by atoms with van der Waals surface area (Å²) in [7, 11) is 0. The fourth-order valence-corrected chi connectivity index (χ4v) is 4.69. The zero-order valence-electron chi connectivity index (χ0n) is 8.21. The highest BCUT2D eigenvalue weighted by Gasteiger charge is 2.26. The van der Waals surface area contributed by atoms with Crippen LogP contribution < -0.4 is 0 Å². The van der Waals surface area contributed by atoms with Crippen LogP contribution in [0.25, 0.3) is 0 Å². The second kappa shape index (κ2) is 7.22. The first-order valence-corrected chi connectivity index (χ1v) is 9.44.